The second-order valence-electron chi connectivity index (χ2n) is 6.18. The van der Waals surface area contributed by atoms with Crippen LogP contribution in [-0.4, -0.2) is 13.0 Å². The van der Waals surface area contributed by atoms with Crippen LogP contribution in [0.5, 0.6) is 5.75 Å². The summed E-state index contributed by atoms with van der Waals surface area (Å²) in [4.78, 5) is 25.9. The van der Waals surface area contributed by atoms with Crippen LogP contribution >= 0.6 is 0 Å². The van der Waals surface area contributed by atoms with Gasteiger partial charge in [0.05, 0.1) is 18.1 Å². The molecule has 0 saturated heterocycles. The summed E-state index contributed by atoms with van der Waals surface area (Å²) in [6.45, 7) is 0. The van der Waals surface area contributed by atoms with E-state index in [1.165, 1.54) is 7.11 Å². The number of carbonyl (C=O) groups is 1. The number of anilines is 1. The summed E-state index contributed by atoms with van der Waals surface area (Å²) in [7, 11) is 1.53. The number of fused-ring (bicyclic) bond motifs is 1. The first-order valence-corrected chi connectivity index (χ1v) is 8.74. The van der Waals surface area contributed by atoms with Gasteiger partial charge in [-0.05, 0) is 35.9 Å². The van der Waals surface area contributed by atoms with Crippen LogP contribution in [0, 0.1) is 0 Å². The van der Waals surface area contributed by atoms with E-state index in [9.17, 15) is 9.59 Å². The molecule has 3 aromatic carbocycles. The predicted molar refractivity (Wildman–Crippen MR) is 109 cm³/mol. The van der Waals surface area contributed by atoms with Crippen molar-refractivity contribution in [3.63, 3.8) is 0 Å². The molecule has 0 bridgehead atoms. The van der Waals surface area contributed by atoms with E-state index in [0.717, 1.165) is 0 Å². The van der Waals surface area contributed by atoms with Crippen LogP contribution in [0.4, 0.5) is 5.88 Å². The lowest BCUT2D eigenvalue weighted by Crippen LogP contribution is -2.16. The Morgan fingerprint density at radius 1 is 0.929 bits per heavy atom. The third-order valence-electron chi connectivity index (χ3n) is 4.42. The fraction of sp³-hybridized carbons (Fsp3) is 0.0435. The second kappa shape index (κ2) is 7.40. The van der Waals surface area contributed by atoms with E-state index in [1.54, 1.807) is 48.5 Å². The van der Waals surface area contributed by atoms with Gasteiger partial charge in [-0.25, -0.2) is 0 Å². The zero-order valence-corrected chi connectivity index (χ0v) is 15.1. The third-order valence-corrected chi connectivity index (χ3v) is 4.42. The van der Waals surface area contributed by atoms with Crippen LogP contribution < -0.4 is 15.5 Å². The first-order valence-electron chi connectivity index (χ1n) is 8.74. The molecule has 0 unspecified atom stereocenters. The summed E-state index contributed by atoms with van der Waals surface area (Å²) in [5, 5.41) is 3.21. The number of hydrogen-bond donors (Lipinski definition) is 1. The summed E-state index contributed by atoms with van der Waals surface area (Å²) in [5.41, 5.74) is 1.59. The van der Waals surface area contributed by atoms with Crippen molar-refractivity contribution >= 4 is 22.8 Å². The lowest BCUT2D eigenvalue weighted by Gasteiger charge is -2.12. The average Bonchev–Trinajstić information content (AvgIpc) is 2.74. The molecule has 1 amide bonds. The summed E-state index contributed by atoms with van der Waals surface area (Å²) >= 11 is 0. The first-order chi connectivity index (χ1) is 13.7. The topological polar surface area (TPSA) is 68.5 Å². The summed E-state index contributed by atoms with van der Waals surface area (Å²) in [6.07, 6.45) is 0. The Morgan fingerprint density at radius 2 is 1.68 bits per heavy atom. The Kier molecular flexibility index (Phi) is 4.64. The summed E-state index contributed by atoms with van der Waals surface area (Å²) < 4.78 is 11.1. The molecule has 0 radical (unpaired) electrons. The number of amides is 1. The van der Waals surface area contributed by atoms with E-state index in [1.807, 2.05) is 30.3 Å². The van der Waals surface area contributed by atoms with Crippen molar-refractivity contribution in [2.24, 2.45) is 0 Å². The van der Waals surface area contributed by atoms with Gasteiger partial charge in [0.15, 0.2) is 0 Å². The molecule has 5 heteroatoms. The summed E-state index contributed by atoms with van der Waals surface area (Å²) in [5.74, 6) is 0.285. The van der Waals surface area contributed by atoms with Crippen LogP contribution in [0.1, 0.15) is 10.4 Å². The number of ether oxygens (including phenoxy) is 1. The minimum absolute atomic E-state index is 0.114. The van der Waals surface area contributed by atoms with E-state index >= 15 is 0 Å². The molecule has 4 aromatic rings. The number of carbonyl (C=O) groups excluding carboxylic acids is 1. The van der Waals surface area contributed by atoms with E-state index in [-0.39, 0.29) is 11.3 Å². The number of rotatable bonds is 4. The van der Waals surface area contributed by atoms with Crippen molar-refractivity contribution in [3.8, 4) is 16.9 Å². The zero-order chi connectivity index (χ0) is 19.5. The van der Waals surface area contributed by atoms with Gasteiger partial charge >= 0.3 is 0 Å². The lowest BCUT2D eigenvalue weighted by molar-refractivity contribution is 0.102. The van der Waals surface area contributed by atoms with Crippen molar-refractivity contribution in [2.45, 2.75) is 0 Å². The maximum absolute atomic E-state index is 13.1. The third kappa shape index (κ3) is 3.25. The van der Waals surface area contributed by atoms with Crippen LogP contribution in [0.2, 0.25) is 0 Å². The molecule has 0 saturated carbocycles. The molecule has 4 rings (SSSR count). The maximum Gasteiger partial charge on any atom is 0.258 e. The molecular weight excluding hydrogens is 354 g/mol. The highest BCUT2D eigenvalue weighted by atomic mass is 16.5. The van der Waals surface area contributed by atoms with Crippen LogP contribution in [0.3, 0.4) is 0 Å². The van der Waals surface area contributed by atoms with Crippen molar-refractivity contribution < 1.29 is 13.9 Å². The monoisotopic (exact) mass is 371 g/mol. The zero-order valence-electron chi connectivity index (χ0n) is 15.1. The second-order valence-corrected chi connectivity index (χ2v) is 6.18. The van der Waals surface area contributed by atoms with Crippen molar-refractivity contribution in [3.05, 3.63) is 94.6 Å². The Bertz CT molecular complexity index is 1210. The molecular formula is C23H17NO4. The highest BCUT2D eigenvalue weighted by molar-refractivity contribution is 6.06. The normalized spacial score (nSPS) is 10.6. The van der Waals surface area contributed by atoms with Crippen LogP contribution in [-0.2, 0) is 0 Å². The summed E-state index contributed by atoms with van der Waals surface area (Å²) in [6, 6.07) is 22.9. The number of methoxy groups -OCH3 is 1. The first kappa shape index (κ1) is 17.5. The molecule has 5 nitrogen and oxygen atoms in total. The molecule has 0 aliphatic carbocycles. The van der Waals surface area contributed by atoms with Gasteiger partial charge in [0.25, 0.3) is 5.91 Å². The molecule has 28 heavy (non-hydrogen) atoms. The molecule has 1 N–H and O–H groups in total. The van der Waals surface area contributed by atoms with Gasteiger partial charge in [-0.15, -0.1) is 0 Å². The molecule has 1 heterocycles. The Labute approximate surface area is 161 Å². The molecule has 0 spiro atoms. The Hall–Kier alpha value is -3.86. The molecule has 0 atom stereocenters. The minimum atomic E-state index is -0.394. The number of benzene rings is 3. The van der Waals surface area contributed by atoms with Gasteiger partial charge in [-0.1, -0.05) is 48.5 Å². The minimum Gasteiger partial charge on any atom is -0.497 e. The van der Waals surface area contributed by atoms with Crippen LogP contribution in [0.25, 0.3) is 22.1 Å². The Morgan fingerprint density at radius 3 is 2.46 bits per heavy atom. The van der Waals surface area contributed by atoms with E-state index in [0.29, 0.717) is 33.4 Å². The fourth-order valence-corrected chi connectivity index (χ4v) is 3.04. The molecule has 0 aliphatic heterocycles. The van der Waals surface area contributed by atoms with E-state index in [2.05, 4.69) is 5.32 Å². The van der Waals surface area contributed by atoms with Gasteiger partial charge in [-0.2, -0.15) is 0 Å². The Balaban J connectivity index is 1.85. The van der Waals surface area contributed by atoms with Crippen molar-refractivity contribution in [1.82, 2.24) is 0 Å². The maximum atomic E-state index is 13.1. The highest BCUT2D eigenvalue weighted by Gasteiger charge is 2.19. The van der Waals surface area contributed by atoms with E-state index < -0.39 is 5.91 Å². The molecule has 138 valence electrons. The largest absolute Gasteiger partial charge is 0.497 e. The lowest BCUT2D eigenvalue weighted by atomic mass is 10.0. The molecule has 1 aromatic heterocycles. The van der Waals surface area contributed by atoms with Crippen molar-refractivity contribution in [1.29, 1.82) is 0 Å². The highest BCUT2D eigenvalue weighted by Crippen LogP contribution is 2.29. The molecule has 0 aliphatic rings. The number of nitrogens with one attached hydrogen (secondary N) is 1. The number of para-hydroxylation sites is 1. The van der Waals surface area contributed by atoms with Gasteiger partial charge in [0, 0.05) is 5.56 Å². The quantitative estimate of drug-likeness (QED) is 0.563. The van der Waals surface area contributed by atoms with Gasteiger partial charge in [0.1, 0.15) is 11.3 Å². The van der Waals surface area contributed by atoms with Gasteiger partial charge < -0.3 is 9.15 Å². The smallest absolute Gasteiger partial charge is 0.258 e. The SMILES string of the molecule is COc1cccc(C(=O)Nc2oc3ccccc3c(=O)c2-c2ccccc2)c1. The number of hydrogen-bond acceptors (Lipinski definition) is 4. The fourth-order valence-electron chi connectivity index (χ4n) is 3.04. The van der Waals surface area contributed by atoms with Gasteiger partial charge in [-0.3, -0.25) is 14.9 Å². The molecule has 0 fully saturated rings. The van der Waals surface area contributed by atoms with Gasteiger partial charge in [0.2, 0.25) is 11.3 Å². The average molecular weight is 371 g/mol. The predicted octanol–water partition coefficient (Wildman–Crippen LogP) is 4.72. The van der Waals surface area contributed by atoms with E-state index in [4.69, 9.17) is 9.15 Å². The van der Waals surface area contributed by atoms with Crippen molar-refractivity contribution in [2.75, 3.05) is 12.4 Å². The van der Waals surface area contributed by atoms with Crippen LogP contribution in [0.15, 0.2) is 88.1 Å². The standard InChI is InChI=1S/C23H17NO4/c1-27-17-11-7-10-16(14-17)22(26)24-23-20(15-8-3-2-4-9-15)21(25)18-12-5-6-13-19(18)28-23/h2-14H,1H3,(H,24,26).